The SMILES string of the molecule is CCC(C)n1cc(C(=O)O)c(-c2ccc(C(C)C)cc2)n1. The molecule has 1 N–H and O–H groups in total. The minimum Gasteiger partial charge on any atom is -0.478 e. The van der Waals surface area contributed by atoms with Crippen LogP contribution in [0.2, 0.25) is 0 Å². The van der Waals surface area contributed by atoms with Crippen LogP contribution in [0.15, 0.2) is 30.5 Å². The summed E-state index contributed by atoms with van der Waals surface area (Å²) in [5.74, 6) is -0.483. The second-order valence-corrected chi connectivity index (χ2v) is 5.71. The molecule has 2 rings (SSSR count). The zero-order valence-corrected chi connectivity index (χ0v) is 13.0. The molecule has 2 aromatic rings. The highest BCUT2D eigenvalue weighted by Crippen LogP contribution is 2.26. The first-order valence-electron chi connectivity index (χ1n) is 7.36. The van der Waals surface area contributed by atoms with E-state index in [1.54, 1.807) is 10.9 Å². The van der Waals surface area contributed by atoms with Crippen LogP contribution in [0.25, 0.3) is 11.3 Å². The molecular formula is C17H22N2O2. The number of hydrogen-bond donors (Lipinski definition) is 1. The number of aromatic nitrogens is 2. The van der Waals surface area contributed by atoms with Gasteiger partial charge >= 0.3 is 5.97 Å². The summed E-state index contributed by atoms with van der Waals surface area (Å²) in [7, 11) is 0. The van der Waals surface area contributed by atoms with Crippen molar-refractivity contribution >= 4 is 5.97 Å². The lowest BCUT2D eigenvalue weighted by molar-refractivity contribution is 0.0697. The van der Waals surface area contributed by atoms with Gasteiger partial charge in [0.1, 0.15) is 11.3 Å². The number of carboxylic acid groups (broad SMARTS) is 1. The first-order chi connectivity index (χ1) is 9.93. The number of rotatable bonds is 5. The van der Waals surface area contributed by atoms with Crippen molar-refractivity contribution < 1.29 is 9.90 Å². The van der Waals surface area contributed by atoms with Gasteiger partial charge in [-0.15, -0.1) is 0 Å². The molecule has 0 radical (unpaired) electrons. The molecule has 112 valence electrons. The molecule has 1 heterocycles. The van der Waals surface area contributed by atoms with E-state index in [1.807, 2.05) is 31.2 Å². The molecule has 4 nitrogen and oxygen atoms in total. The van der Waals surface area contributed by atoms with Crippen molar-refractivity contribution in [3.63, 3.8) is 0 Å². The maximum atomic E-state index is 11.4. The van der Waals surface area contributed by atoms with Gasteiger partial charge in [-0.25, -0.2) is 4.79 Å². The van der Waals surface area contributed by atoms with Gasteiger partial charge < -0.3 is 5.11 Å². The molecule has 0 amide bonds. The van der Waals surface area contributed by atoms with Crippen LogP contribution in [0.3, 0.4) is 0 Å². The molecular weight excluding hydrogens is 264 g/mol. The van der Waals surface area contributed by atoms with Gasteiger partial charge in [-0.3, -0.25) is 4.68 Å². The van der Waals surface area contributed by atoms with Crippen LogP contribution in [0, 0.1) is 0 Å². The third-order valence-electron chi connectivity index (χ3n) is 3.86. The lowest BCUT2D eigenvalue weighted by Crippen LogP contribution is -2.04. The average molecular weight is 286 g/mol. The Balaban J connectivity index is 2.46. The van der Waals surface area contributed by atoms with E-state index in [9.17, 15) is 9.90 Å². The van der Waals surface area contributed by atoms with Gasteiger partial charge in [0.2, 0.25) is 0 Å². The van der Waals surface area contributed by atoms with E-state index in [1.165, 1.54) is 5.56 Å². The Morgan fingerprint density at radius 3 is 2.33 bits per heavy atom. The Morgan fingerprint density at radius 1 is 1.24 bits per heavy atom. The minimum absolute atomic E-state index is 0.187. The molecule has 1 unspecified atom stereocenters. The van der Waals surface area contributed by atoms with E-state index in [0.717, 1.165) is 12.0 Å². The molecule has 1 aromatic carbocycles. The van der Waals surface area contributed by atoms with Crippen LogP contribution in [0.1, 0.15) is 62.0 Å². The zero-order valence-electron chi connectivity index (χ0n) is 13.0. The fraction of sp³-hybridized carbons (Fsp3) is 0.412. The number of aromatic carboxylic acids is 1. The predicted octanol–water partition coefficient (Wildman–Crippen LogP) is 4.34. The maximum Gasteiger partial charge on any atom is 0.339 e. The number of nitrogens with zero attached hydrogens (tertiary/aromatic N) is 2. The van der Waals surface area contributed by atoms with E-state index < -0.39 is 5.97 Å². The summed E-state index contributed by atoms with van der Waals surface area (Å²) in [5.41, 5.74) is 2.88. The Morgan fingerprint density at radius 2 is 1.86 bits per heavy atom. The summed E-state index contributed by atoms with van der Waals surface area (Å²) in [6.07, 6.45) is 2.54. The summed E-state index contributed by atoms with van der Waals surface area (Å²) >= 11 is 0. The number of carbonyl (C=O) groups is 1. The van der Waals surface area contributed by atoms with Crippen LogP contribution in [-0.2, 0) is 0 Å². The highest BCUT2D eigenvalue weighted by Gasteiger charge is 2.18. The first-order valence-corrected chi connectivity index (χ1v) is 7.36. The summed E-state index contributed by atoms with van der Waals surface area (Å²) in [4.78, 5) is 11.4. The van der Waals surface area contributed by atoms with Crippen LogP contribution < -0.4 is 0 Å². The number of hydrogen-bond acceptors (Lipinski definition) is 2. The number of benzene rings is 1. The Kier molecular flexibility index (Phi) is 4.46. The molecule has 0 saturated heterocycles. The summed E-state index contributed by atoms with van der Waals surface area (Å²) in [6.45, 7) is 8.36. The topological polar surface area (TPSA) is 55.1 Å². The minimum atomic E-state index is -0.938. The summed E-state index contributed by atoms with van der Waals surface area (Å²) in [5, 5.41) is 13.9. The number of carboxylic acids is 1. The van der Waals surface area contributed by atoms with Crippen LogP contribution in [0.5, 0.6) is 0 Å². The van der Waals surface area contributed by atoms with Gasteiger partial charge in [0.05, 0.1) is 0 Å². The smallest absolute Gasteiger partial charge is 0.339 e. The monoisotopic (exact) mass is 286 g/mol. The molecule has 0 aliphatic rings. The largest absolute Gasteiger partial charge is 0.478 e. The van der Waals surface area contributed by atoms with Crippen molar-refractivity contribution in [2.24, 2.45) is 0 Å². The maximum absolute atomic E-state index is 11.4. The Bertz CT molecular complexity index is 627. The molecule has 0 aliphatic heterocycles. The van der Waals surface area contributed by atoms with Crippen molar-refractivity contribution in [1.29, 1.82) is 0 Å². The fourth-order valence-electron chi connectivity index (χ4n) is 2.20. The van der Waals surface area contributed by atoms with Crippen LogP contribution in [0.4, 0.5) is 0 Å². The molecule has 1 atom stereocenters. The second kappa shape index (κ2) is 6.12. The average Bonchev–Trinajstić information content (AvgIpc) is 2.92. The molecule has 0 spiro atoms. The third kappa shape index (κ3) is 3.15. The van der Waals surface area contributed by atoms with Crippen molar-refractivity contribution in [3.8, 4) is 11.3 Å². The lowest BCUT2D eigenvalue weighted by Gasteiger charge is -2.08. The van der Waals surface area contributed by atoms with Gasteiger partial charge in [-0.2, -0.15) is 5.10 Å². The molecule has 1 aromatic heterocycles. The normalized spacial score (nSPS) is 12.6. The third-order valence-corrected chi connectivity index (χ3v) is 3.86. The van der Waals surface area contributed by atoms with Crippen molar-refractivity contribution in [2.45, 2.75) is 46.1 Å². The molecule has 21 heavy (non-hydrogen) atoms. The van der Waals surface area contributed by atoms with Crippen molar-refractivity contribution in [2.75, 3.05) is 0 Å². The van der Waals surface area contributed by atoms with Gasteiger partial charge in [-0.1, -0.05) is 45.0 Å². The standard InChI is InChI=1S/C17H22N2O2/c1-5-12(4)19-10-15(17(20)21)16(18-19)14-8-6-13(7-9-14)11(2)3/h6-12H,5H2,1-4H3,(H,20,21). The molecule has 0 aliphatic carbocycles. The summed E-state index contributed by atoms with van der Waals surface area (Å²) in [6, 6.07) is 8.16. The molecule has 0 fully saturated rings. The van der Waals surface area contributed by atoms with E-state index in [0.29, 0.717) is 11.6 Å². The van der Waals surface area contributed by atoms with E-state index in [-0.39, 0.29) is 11.6 Å². The fourth-order valence-corrected chi connectivity index (χ4v) is 2.20. The van der Waals surface area contributed by atoms with Gasteiger partial charge in [0.25, 0.3) is 0 Å². The molecule has 0 saturated carbocycles. The van der Waals surface area contributed by atoms with E-state index >= 15 is 0 Å². The predicted molar refractivity (Wildman–Crippen MR) is 83.7 cm³/mol. The molecule has 0 bridgehead atoms. The van der Waals surface area contributed by atoms with E-state index in [4.69, 9.17) is 0 Å². The molecule has 4 heteroatoms. The van der Waals surface area contributed by atoms with Crippen molar-refractivity contribution in [3.05, 3.63) is 41.6 Å². The van der Waals surface area contributed by atoms with Crippen molar-refractivity contribution in [1.82, 2.24) is 9.78 Å². The Hall–Kier alpha value is -2.10. The lowest BCUT2D eigenvalue weighted by atomic mass is 10.00. The van der Waals surface area contributed by atoms with Gasteiger partial charge in [0, 0.05) is 17.8 Å². The quantitative estimate of drug-likeness (QED) is 0.889. The zero-order chi connectivity index (χ0) is 15.6. The first kappa shape index (κ1) is 15.3. The summed E-state index contributed by atoms with van der Waals surface area (Å²) < 4.78 is 1.75. The second-order valence-electron chi connectivity index (χ2n) is 5.71. The van der Waals surface area contributed by atoms with Gasteiger partial charge in [-0.05, 0) is 24.8 Å². The highest BCUT2D eigenvalue weighted by atomic mass is 16.4. The van der Waals surface area contributed by atoms with Gasteiger partial charge in [0.15, 0.2) is 0 Å². The highest BCUT2D eigenvalue weighted by molar-refractivity contribution is 5.94. The Labute approximate surface area is 125 Å². The van der Waals surface area contributed by atoms with Crippen LogP contribution in [-0.4, -0.2) is 20.9 Å². The van der Waals surface area contributed by atoms with E-state index in [2.05, 4.69) is 25.9 Å². The van der Waals surface area contributed by atoms with Crippen LogP contribution >= 0.6 is 0 Å².